The van der Waals surface area contributed by atoms with Crippen molar-refractivity contribution >= 4 is 46.6 Å². The molecule has 0 N–H and O–H groups in total. The van der Waals surface area contributed by atoms with Gasteiger partial charge in [0.1, 0.15) is 5.57 Å². The highest BCUT2D eigenvalue weighted by Crippen LogP contribution is 2.35. The molecule has 5 rings (SSSR count). The lowest BCUT2D eigenvalue weighted by Crippen LogP contribution is -2.56. The zero-order chi connectivity index (χ0) is 23.8. The Morgan fingerprint density at radius 1 is 0.824 bits per heavy atom. The second-order valence-corrected chi connectivity index (χ2v) is 9.29. The Morgan fingerprint density at radius 3 is 1.82 bits per heavy atom. The number of carbonyl (C=O) groups excluding carboxylic acids is 2. The molecular weight excluding hydrogens is 442 g/mol. The van der Waals surface area contributed by atoms with Crippen molar-refractivity contribution in [3.05, 3.63) is 89.3 Å². The molecule has 0 spiro atoms. The average Bonchev–Trinajstić information content (AvgIpc) is 3.45. The van der Waals surface area contributed by atoms with E-state index in [1.165, 1.54) is 35.5 Å². The summed E-state index contributed by atoms with van der Waals surface area (Å²) >= 11 is 5.69. The van der Waals surface area contributed by atoms with Gasteiger partial charge in [-0.25, -0.2) is 0 Å². The summed E-state index contributed by atoms with van der Waals surface area (Å²) in [6.45, 7) is 4.17. The fraction of sp³-hybridized carbons (Fsp3) is 0.250. The minimum absolute atomic E-state index is 0.105. The van der Waals surface area contributed by atoms with E-state index in [0.717, 1.165) is 17.0 Å². The van der Waals surface area contributed by atoms with Crippen LogP contribution in [0.25, 0.3) is 6.08 Å². The third-order valence-electron chi connectivity index (χ3n) is 6.79. The van der Waals surface area contributed by atoms with Gasteiger partial charge >= 0.3 is 0 Å². The van der Waals surface area contributed by atoms with Crippen molar-refractivity contribution < 1.29 is 9.59 Å². The quantitative estimate of drug-likeness (QED) is 0.269. The van der Waals surface area contributed by atoms with E-state index in [-0.39, 0.29) is 10.7 Å². The number of para-hydroxylation sites is 2. The predicted octanol–water partition coefficient (Wildman–Crippen LogP) is 5.97. The van der Waals surface area contributed by atoms with Crippen LogP contribution >= 0.6 is 12.2 Å². The van der Waals surface area contributed by atoms with Crippen LogP contribution in [-0.2, 0) is 9.59 Å². The summed E-state index contributed by atoms with van der Waals surface area (Å²) in [4.78, 5) is 30.3. The van der Waals surface area contributed by atoms with Gasteiger partial charge in [0, 0.05) is 17.4 Å². The lowest BCUT2D eigenvalue weighted by atomic mass is 10.0. The van der Waals surface area contributed by atoms with Crippen LogP contribution in [0.2, 0.25) is 0 Å². The number of aryl methyl sites for hydroxylation is 1. The average molecular weight is 470 g/mol. The van der Waals surface area contributed by atoms with E-state index in [1.807, 2.05) is 60.7 Å². The maximum atomic E-state index is 13.7. The third kappa shape index (κ3) is 3.78. The monoisotopic (exact) mass is 469 g/mol. The van der Waals surface area contributed by atoms with Crippen LogP contribution in [0, 0.1) is 13.8 Å². The van der Waals surface area contributed by atoms with Crippen LogP contribution < -0.4 is 9.80 Å². The summed E-state index contributed by atoms with van der Waals surface area (Å²) in [5.41, 5.74) is 4.51. The highest BCUT2D eigenvalue weighted by Gasteiger charge is 2.41. The Balaban J connectivity index is 1.63. The molecule has 6 heteroatoms. The Hall–Kier alpha value is -3.51. The molecule has 5 nitrogen and oxygen atoms in total. The number of carbonyl (C=O) groups is 2. The van der Waals surface area contributed by atoms with Gasteiger partial charge in [0.2, 0.25) is 0 Å². The van der Waals surface area contributed by atoms with Gasteiger partial charge in [-0.15, -0.1) is 0 Å². The topological polar surface area (TPSA) is 45.6 Å². The molecular formula is C28H27N3O2S. The van der Waals surface area contributed by atoms with Crippen molar-refractivity contribution in [2.24, 2.45) is 0 Å². The number of thiocarbonyl (C=S) groups is 1. The fourth-order valence-electron chi connectivity index (χ4n) is 5.17. The van der Waals surface area contributed by atoms with E-state index in [1.54, 1.807) is 6.08 Å². The number of hydrogen-bond acceptors (Lipinski definition) is 3. The van der Waals surface area contributed by atoms with Crippen LogP contribution in [0.1, 0.15) is 48.7 Å². The van der Waals surface area contributed by atoms with E-state index < -0.39 is 11.8 Å². The minimum atomic E-state index is -0.404. The Morgan fingerprint density at radius 2 is 1.32 bits per heavy atom. The largest absolute Gasteiger partial charge is 0.346 e. The zero-order valence-electron chi connectivity index (χ0n) is 19.4. The first-order chi connectivity index (χ1) is 16.5. The highest BCUT2D eigenvalue weighted by atomic mass is 32.1. The van der Waals surface area contributed by atoms with Crippen molar-refractivity contribution in [1.82, 2.24) is 4.57 Å². The summed E-state index contributed by atoms with van der Waals surface area (Å²) in [5.74, 6) is -0.807. The first kappa shape index (κ1) is 22.3. The zero-order valence-corrected chi connectivity index (χ0v) is 20.2. The van der Waals surface area contributed by atoms with Gasteiger partial charge in [-0.05, 0) is 80.9 Å². The summed E-state index contributed by atoms with van der Waals surface area (Å²) in [7, 11) is 0. The molecule has 0 unspecified atom stereocenters. The van der Waals surface area contributed by atoms with Crippen molar-refractivity contribution in [2.75, 3.05) is 9.80 Å². The second-order valence-electron chi connectivity index (χ2n) is 8.93. The highest BCUT2D eigenvalue weighted by molar-refractivity contribution is 7.81. The molecule has 1 saturated heterocycles. The van der Waals surface area contributed by atoms with Crippen molar-refractivity contribution in [3.63, 3.8) is 0 Å². The molecule has 1 aliphatic heterocycles. The van der Waals surface area contributed by atoms with Crippen LogP contribution in [0.4, 0.5) is 11.4 Å². The lowest BCUT2D eigenvalue weighted by Gasteiger charge is -2.36. The molecule has 2 aliphatic rings. The maximum absolute atomic E-state index is 13.7. The van der Waals surface area contributed by atoms with Crippen LogP contribution in [0.15, 0.2) is 72.3 Å². The first-order valence-corrected chi connectivity index (χ1v) is 12.1. The van der Waals surface area contributed by atoms with E-state index in [0.29, 0.717) is 17.4 Å². The molecule has 1 aliphatic carbocycles. The molecule has 34 heavy (non-hydrogen) atoms. The molecule has 2 heterocycles. The molecule has 2 amide bonds. The Bertz CT molecular complexity index is 1220. The van der Waals surface area contributed by atoms with Gasteiger partial charge in [0.15, 0.2) is 5.11 Å². The number of nitrogens with zero attached hydrogens (tertiary/aromatic N) is 3. The minimum Gasteiger partial charge on any atom is -0.346 e. The molecule has 2 aromatic carbocycles. The Kier molecular flexibility index (Phi) is 5.92. The van der Waals surface area contributed by atoms with Crippen molar-refractivity contribution in [1.29, 1.82) is 0 Å². The van der Waals surface area contributed by atoms with Gasteiger partial charge in [-0.3, -0.25) is 19.4 Å². The maximum Gasteiger partial charge on any atom is 0.270 e. The van der Waals surface area contributed by atoms with Crippen molar-refractivity contribution in [3.8, 4) is 0 Å². The second kappa shape index (κ2) is 9.03. The van der Waals surface area contributed by atoms with E-state index in [2.05, 4.69) is 24.5 Å². The molecule has 1 aromatic heterocycles. The summed E-state index contributed by atoms with van der Waals surface area (Å²) in [5, 5.41) is 0.154. The molecule has 2 fully saturated rings. The van der Waals surface area contributed by atoms with Gasteiger partial charge in [0.25, 0.3) is 11.8 Å². The smallest absolute Gasteiger partial charge is 0.270 e. The number of benzene rings is 2. The predicted molar refractivity (Wildman–Crippen MR) is 140 cm³/mol. The molecule has 0 atom stereocenters. The van der Waals surface area contributed by atoms with E-state index >= 15 is 0 Å². The first-order valence-electron chi connectivity index (χ1n) is 11.7. The van der Waals surface area contributed by atoms with Crippen molar-refractivity contribution in [2.45, 2.75) is 45.6 Å². The Labute approximate surface area is 205 Å². The fourth-order valence-corrected chi connectivity index (χ4v) is 5.54. The van der Waals surface area contributed by atoms with E-state index in [9.17, 15) is 9.59 Å². The number of hydrogen-bond donors (Lipinski definition) is 0. The van der Waals surface area contributed by atoms with Crippen LogP contribution in [-0.4, -0.2) is 21.5 Å². The number of rotatable bonds is 4. The molecule has 172 valence electrons. The molecule has 0 bridgehead atoms. The van der Waals surface area contributed by atoms with Crippen LogP contribution in [0.5, 0.6) is 0 Å². The van der Waals surface area contributed by atoms with E-state index in [4.69, 9.17) is 12.2 Å². The molecule has 1 saturated carbocycles. The normalized spacial score (nSPS) is 17.1. The van der Waals surface area contributed by atoms with Gasteiger partial charge < -0.3 is 4.57 Å². The third-order valence-corrected chi connectivity index (χ3v) is 7.16. The standard InChI is InChI=1S/C28H27N3O2S/c1-19-17-21(20(2)29(19)22-15-9-10-16-22)18-25-26(32)30(23-11-5-3-6-12-23)28(34)31(27(25)33)24-13-7-4-8-14-24/h3-8,11-14,17-18,22H,9-10,15-16H2,1-2H3. The molecule has 0 radical (unpaired) electrons. The van der Waals surface area contributed by atoms with Gasteiger partial charge in [-0.2, -0.15) is 0 Å². The lowest BCUT2D eigenvalue weighted by molar-refractivity contribution is -0.120. The van der Waals surface area contributed by atoms with Gasteiger partial charge in [0.05, 0.1) is 11.4 Å². The number of anilines is 2. The number of amides is 2. The summed E-state index contributed by atoms with van der Waals surface area (Å²) in [6, 6.07) is 21.1. The molecule has 3 aromatic rings. The van der Waals surface area contributed by atoms with Crippen LogP contribution in [0.3, 0.4) is 0 Å². The summed E-state index contributed by atoms with van der Waals surface area (Å²) in [6.07, 6.45) is 6.56. The summed E-state index contributed by atoms with van der Waals surface area (Å²) < 4.78 is 2.37. The SMILES string of the molecule is Cc1cc(C=C2C(=O)N(c3ccccc3)C(=S)N(c3ccccc3)C2=O)c(C)n1C1CCCC1. The van der Waals surface area contributed by atoms with Gasteiger partial charge in [-0.1, -0.05) is 49.2 Å². The number of aromatic nitrogens is 1.